The van der Waals surface area contributed by atoms with Crippen molar-refractivity contribution in [2.75, 3.05) is 46.8 Å². The number of nitrogens with two attached hydrogens (primary N) is 1. The molecule has 1 heterocycles. The maximum atomic E-state index is 5.53. The third-order valence-electron chi connectivity index (χ3n) is 2.32. The minimum absolute atomic E-state index is 0.457. The molecule has 0 aliphatic heterocycles. The number of hydrogen-bond donors (Lipinski definition) is 1. The summed E-state index contributed by atoms with van der Waals surface area (Å²) in [5.74, 6) is 0.572. The van der Waals surface area contributed by atoms with Crippen LogP contribution in [-0.4, -0.2) is 51.7 Å². The monoisotopic (exact) mass is 270 g/mol. The van der Waals surface area contributed by atoms with Crippen LogP contribution in [0.2, 0.25) is 0 Å². The lowest BCUT2D eigenvalue weighted by molar-refractivity contribution is 0.0176. The van der Waals surface area contributed by atoms with Crippen LogP contribution in [0.15, 0.2) is 18.3 Å². The molecule has 0 aromatic carbocycles. The zero-order valence-electron chi connectivity index (χ0n) is 11.3. The van der Waals surface area contributed by atoms with Gasteiger partial charge in [-0.25, -0.2) is 4.98 Å². The van der Waals surface area contributed by atoms with Gasteiger partial charge in [-0.2, -0.15) is 0 Å². The van der Waals surface area contributed by atoms with Gasteiger partial charge in [0.2, 0.25) is 5.88 Å². The average Bonchev–Trinajstić information content (AvgIpc) is 2.46. The quantitative estimate of drug-likeness (QED) is 0.593. The molecule has 6 nitrogen and oxygen atoms in total. The van der Waals surface area contributed by atoms with Crippen molar-refractivity contribution >= 4 is 0 Å². The molecule has 0 bridgehead atoms. The van der Waals surface area contributed by atoms with E-state index in [1.807, 2.05) is 12.1 Å². The fourth-order valence-electron chi connectivity index (χ4n) is 1.33. The third kappa shape index (κ3) is 7.74. The second-order valence-electron chi connectivity index (χ2n) is 3.77. The Balaban J connectivity index is 1.98. The van der Waals surface area contributed by atoms with Gasteiger partial charge < -0.3 is 24.7 Å². The highest BCUT2D eigenvalue weighted by Crippen LogP contribution is 2.08. The van der Waals surface area contributed by atoms with Crippen LogP contribution < -0.4 is 10.5 Å². The summed E-state index contributed by atoms with van der Waals surface area (Å²) in [7, 11) is 1.64. The zero-order valence-corrected chi connectivity index (χ0v) is 11.3. The Hall–Kier alpha value is -1.21. The van der Waals surface area contributed by atoms with Gasteiger partial charge in [-0.15, -0.1) is 0 Å². The van der Waals surface area contributed by atoms with E-state index in [1.54, 1.807) is 13.3 Å². The summed E-state index contributed by atoms with van der Waals surface area (Å²) < 4.78 is 20.9. The van der Waals surface area contributed by atoms with Crippen LogP contribution in [0.25, 0.3) is 0 Å². The fraction of sp³-hybridized carbons (Fsp3) is 0.615. The molecule has 6 heteroatoms. The summed E-state index contributed by atoms with van der Waals surface area (Å²) in [5, 5.41) is 0. The van der Waals surface area contributed by atoms with Crippen molar-refractivity contribution in [3.63, 3.8) is 0 Å². The Bertz CT molecular complexity index is 336. The second kappa shape index (κ2) is 10.7. The minimum atomic E-state index is 0.457. The van der Waals surface area contributed by atoms with Crippen LogP contribution >= 0.6 is 0 Å². The molecule has 1 aromatic heterocycles. The van der Waals surface area contributed by atoms with Crippen molar-refractivity contribution in [3.8, 4) is 5.88 Å². The van der Waals surface area contributed by atoms with E-state index in [0.717, 1.165) is 5.56 Å². The smallest absolute Gasteiger partial charge is 0.213 e. The summed E-state index contributed by atoms with van der Waals surface area (Å²) in [6.07, 6.45) is 1.68. The molecule has 1 rings (SSSR count). The number of rotatable bonds is 11. The Morgan fingerprint density at radius 3 is 2.42 bits per heavy atom. The van der Waals surface area contributed by atoms with Gasteiger partial charge in [-0.1, -0.05) is 0 Å². The molecule has 1 aromatic rings. The van der Waals surface area contributed by atoms with Gasteiger partial charge in [0, 0.05) is 25.9 Å². The van der Waals surface area contributed by atoms with Crippen LogP contribution in [0.4, 0.5) is 0 Å². The Labute approximate surface area is 113 Å². The molecule has 0 saturated heterocycles. The molecule has 0 aliphatic rings. The zero-order chi connectivity index (χ0) is 13.8. The van der Waals surface area contributed by atoms with Crippen molar-refractivity contribution in [1.29, 1.82) is 0 Å². The van der Waals surface area contributed by atoms with E-state index < -0.39 is 0 Å². The summed E-state index contributed by atoms with van der Waals surface area (Å²) in [4.78, 5) is 4.08. The Morgan fingerprint density at radius 1 is 1.05 bits per heavy atom. The highest BCUT2D eigenvalue weighted by molar-refractivity contribution is 5.19. The van der Waals surface area contributed by atoms with Gasteiger partial charge in [0.05, 0.1) is 33.0 Å². The first-order valence-corrected chi connectivity index (χ1v) is 6.29. The van der Waals surface area contributed by atoms with E-state index in [4.69, 9.17) is 24.7 Å². The molecular weight excluding hydrogens is 248 g/mol. The Kier molecular flexibility index (Phi) is 8.91. The SMILES string of the molecule is COCCOCCOCCOc1cc(CN)ccn1. The summed E-state index contributed by atoms with van der Waals surface area (Å²) in [6, 6.07) is 3.69. The number of aromatic nitrogens is 1. The lowest BCUT2D eigenvalue weighted by Gasteiger charge is -2.07. The summed E-state index contributed by atoms with van der Waals surface area (Å²) >= 11 is 0. The molecule has 19 heavy (non-hydrogen) atoms. The van der Waals surface area contributed by atoms with Crippen molar-refractivity contribution in [2.45, 2.75) is 6.54 Å². The van der Waals surface area contributed by atoms with Gasteiger partial charge in [-0.3, -0.25) is 0 Å². The van der Waals surface area contributed by atoms with Crippen molar-refractivity contribution in [3.05, 3.63) is 23.9 Å². The van der Waals surface area contributed by atoms with E-state index in [2.05, 4.69) is 4.98 Å². The van der Waals surface area contributed by atoms with Gasteiger partial charge in [0.15, 0.2) is 0 Å². The second-order valence-corrected chi connectivity index (χ2v) is 3.77. The average molecular weight is 270 g/mol. The summed E-state index contributed by atoms with van der Waals surface area (Å²) in [5.41, 5.74) is 6.53. The number of ether oxygens (including phenoxy) is 4. The largest absolute Gasteiger partial charge is 0.475 e. The first kappa shape index (κ1) is 15.8. The predicted octanol–water partition coefficient (Wildman–Crippen LogP) is 0.599. The van der Waals surface area contributed by atoms with Crippen LogP contribution in [0, 0.1) is 0 Å². The van der Waals surface area contributed by atoms with Crippen LogP contribution in [0.5, 0.6) is 5.88 Å². The Morgan fingerprint density at radius 2 is 1.74 bits per heavy atom. The van der Waals surface area contributed by atoms with E-state index in [1.165, 1.54) is 0 Å². The minimum Gasteiger partial charge on any atom is -0.475 e. The van der Waals surface area contributed by atoms with Crippen molar-refractivity contribution in [2.24, 2.45) is 5.73 Å². The highest BCUT2D eigenvalue weighted by Gasteiger charge is 1.97. The van der Waals surface area contributed by atoms with E-state index in [9.17, 15) is 0 Å². The standard InChI is InChI=1S/C13H22N2O4/c1-16-4-5-17-6-7-18-8-9-19-13-10-12(11-14)2-3-15-13/h2-3,10H,4-9,11,14H2,1H3. The number of pyridine rings is 1. The lowest BCUT2D eigenvalue weighted by Crippen LogP contribution is -2.12. The van der Waals surface area contributed by atoms with Crippen LogP contribution in [0.3, 0.4) is 0 Å². The van der Waals surface area contributed by atoms with Gasteiger partial charge in [0.25, 0.3) is 0 Å². The van der Waals surface area contributed by atoms with E-state index in [0.29, 0.717) is 52.1 Å². The predicted molar refractivity (Wildman–Crippen MR) is 71.1 cm³/mol. The molecule has 0 spiro atoms. The van der Waals surface area contributed by atoms with Gasteiger partial charge in [-0.05, 0) is 11.6 Å². The van der Waals surface area contributed by atoms with E-state index in [-0.39, 0.29) is 0 Å². The first-order chi connectivity index (χ1) is 9.36. The van der Waals surface area contributed by atoms with E-state index >= 15 is 0 Å². The topological polar surface area (TPSA) is 75.8 Å². The van der Waals surface area contributed by atoms with Crippen LogP contribution in [0.1, 0.15) is 5.56 Å². The van der Waals surface area contributed by atoms with Gasteiger partial charge in [0.1, 0.15) is 6.61 Å². The fourth-order valence-corrected chi connectivity index (χ4v) is 1.33. The molecule has 0 saturated carbocycles. The molecule has 0 unspecified atom stereocenters. The molecule has 0 fully saturated rings. The lowest BCUT2D eigenvalue weighted by atomic mass is 10.3. The highest BCUT2D eigenvalue weighted by atomic mass is 16.6. The maximum absolute atomic E-state index is 5.53. The third-order valence-corrected chi connectivity index (χ3v) is 2.32. The first-order valence-electron chi connectivity index (χ1n) is 6.29. The number of methoxy groups -OCH3 is 1. The number of nitrogens with zero attached hydrogens (tertiary/aromatic N) is 1. The molecule has 0 aliphatic carbocycles. The van der Waals surface area contributed by atoms with Crippen LogP contribution in [-0.2, 0) is 20.8 Å². The van der Waals surface area contributed by atoms with Crippen molar-refractivity contribution < 1.29 is 18.9 Å². The van der Waals surface area contributed by atoms with Gasteiger partial charge >= 0.3 is 0 Å². The molecule has 2 N–H and O–H groups in total. The normalized spacial score (nSPS) is 10.6. The summed E-state index contributed by atoms with van der Waals surface area (Å²) in [6.45, 7) is 3.74. The maximum Gasteiger partial charge on any atom is 0.213 e. The molecule has 0 amide bonds. The number of hydrogen-bond acceptors (Lipinski definition) is 6. The molecular formula is C13H22N2O4. The molecule has 0 atom stereocenters. The van der Waals surface area contributed by atoms with Crippen molar-refractivity contribution in [1.82, 2.24) is 4.98 Å². The molecule has 0 radical (unpaired) electrons. The molecule has 108 valence electrons.